The third kappa shape index (κ3) is 1.99. The lowest BCUT2D eigenvalue weighted by Gasteiger charge is -2.27. The van der Waals surface area contributed by atoms with E-state index in [9.17, 15) is 4.79 Å². The Labute approximate surface area is 126 Å². The highest BCUT2D eigenvalue weighted by atomic mass is 35.5. The summed E-state index contributed by atoms with van der Waals surface area (Å²) in [7, 11) is 0. The van der Waals surface area contributed by atoms with Crippen LogP contribution in [0.1, 0.15) is 21.7 Å². The normalized spacial score (nSPS) is 14.0. The molecule has 3 heterocycles. The smallest absolute Gasteiger partial charge is 0.273 e. The van der Waals surface area contributed by atoms with Crippen molar-refractivity contribution in [3.8, 4) is 0 Å². The number of hydrogen-bond donors (Lipinski definition) is 0. The van der Waals surface area contributed by atoms with Crippen molar-refractivity contribution >= 4 is 23.2 Å². The van der Waals surface area contributed by atoms with E-state index in [2.05, 4.69) is 4.98 Å². The van der Waals surface area contributed by atoms with Crippen molar-refractivity contribution in [1.29, 1.82) is 0 Å². The molecule has 21 heavy (non-hydrogen) atoms. The molecule has 1 amide bonds. The molecule has 1 aliphatic heterocycles. The van der Waals surface area contributed by atoms with Gasteiger partial charge in [0.2, 0.25) is 0 Å². The van der Waals surface area contributed by atoms with Crippen molar-refractivity contribution in [2.24, 2.45) is 0 Å². The van der Waals surface area contributed by atoms with E-state index >= 15 is 0 Å². The molecule has 1 aliphatic rings. The Hall–Kier alpha value is -2.33. The molecule has 0 atom stereocenters. The number of amides is 1. The van der Waals surface area contributed by atoms with E-state index in [-0.39, 0.29) is 5.91 Å². The first kappa shape index (κ1) is 12.4. The zero-order chi connectivity index (χ0) is 14.4. The summed E-state index contributed by atoms with van der Waals surface area (Å²) >= 11 is 5.90. The van der Waals surface area contributed by atoms with Gasteiger partial charge in [-0.2, -0.15) is 0 Å². The number of nitrogens with zero attached hydrogens (tertiary/aromatic N) is 3. The van der Waals surface area contributed by atoms with Gasteiger partial charge in [0, 0.05) is 17.3 Å². The van der Waals surface area contributed by atoms with Crippen LogP contribution in [0.5, 0.6) is 0 Å². The van der Waals surface area contributed by atoms with E-state index in [4.69, 9.17) is 11.6 Å². The summed E-state index contributed by atoms with van der Waals surface area (Å²) in [6.07, 6.45) is 1.65. The number of halogens is 1. The number of hydrogen-bond acceptors (Lipinski definition) is 2. The van der Waals surface area contributed by atoms with Gasteiger partial charge in [0.25, 0.3) is 5.91 Å². The molecule has 0 radical (unpaired) electrons. The molecule has 0 unspecified atom stereocenters. The van der Waals surface area contributed by atoms with Crippen LogP contribution < -0.4 is 0 Å². The van der Waals surface area contributed by atoms with Gasteiger partial charge >= 0.3 is 0 Å². The molecule has 0 spiro atoms. The lowest BCUT2D eigenvalue weighted by molar-refractivity contribution is 0.0701. The predicted octanol–water partition coefficient (Wildman–Crippen LogP) is 3.14. The molecule has 3 aromatic rings. The fourth-order valence-electron chi connectivity index (χ4n) is 2.75. The zero-order valence-corrected chi connectivity index (χ0v) is 11.9. The molecule has 0 saturated carbocycles. The molecule has 104 valence electrons. The highest BCUT2D eigenvalue weighted by Gasteiger charge is 2.26. The van der Waals surface area contributed by atoms with E-state index in [1.165, 1.54) is 0 Å². The molecule has 4 rings (SSSR count). The summed E-state index contributed by atoms with van der Waals surface area (Å²) in [5.74, 6) is 0.0103. The number of aromatic nitrogens is 2. The quantitative estimate of drug-likeness (QED) is 0.729. The molecule has 0 aliphatic carbocycles. The average Bonchev–Trinajstić information content (AvgIpc) is 2.92. The van der Waals surface area contributed by atoms with Gasteiger partial charge in [0.05, 0.1) is 12.7 Å². The summed E-state index contributed by atoms with van der Waals surface area (Å²) in [6.45, 7) is 1.15. The highest BCUT2D eigenvalue weighted by Crippen LogP contribution is 2.22. The average molecular weight is 298 g/mol. The van der Waals surface area contributed by atoms with E-state index < -0.39 is 0 Å². The Kier molecular flexibility index (Phi) is 2.72. The molecule has 0 N–H and O–H groups in total. The van der Waals surface area contributed by atoms with Crippen LogP contribution in [0.15, 0.2) is 48.7 Å². The fraction of sp³-hybridized carbons (Fsp3) is 0.125. The summed E-state index contributed by atoms with van der Waals surface area (Å²) in [5, 5.41) is 0.701. The van der Waals surface area contributed by atoms with Crippen molar-refractivity contribution in [1.82, 2.24) is 14.3 Å². The van der Waals surface area contributed by atoms with Crippen LogP contribution >= 0.6 is 11.6 Å². The zero-order valence-electron chi connectivity index (χ0n) is 11.2. The van der Waals surface area contributed by atoms with Gasteiger partial charge in [-0.05, 0) is 29.8 Å². The Morgan fingerprint density at radius 3 is 2.76 bits per heavy atom. The third-order valence-corrected chi connectivity index (χ3v) is 4.01. The van der Waals surface area contributed by atoms with Crippen LogP contribution in [0.4, 0.5) is 0 Å². The fourth-order valence-corrected chi connectivity index (χ4v) is 2.87. The molecular formula is C16H12ClN3O. The predicted molar refractivity (Wildman–Crippen MR) is 80.2 cm³/mol. The standard InChI is InChI=1S/C16H12ClN3O/c17-12-6-4-11(5-7-12)9-19-10-13-2-1-3-15-18-8-14(16(19)21)20(13)15/h1-8H,9-10H2. The van der Waals surface area contributed by atoms with Gasteiger partial charge in [-0.25, -0.2) is 4.98 Å². The first-order valence-corrected chi connectivity index (χ1v) is 7.09. The van der Waals surface area contributed by atoms with E-state index in [1.54, 1.807) is 6.20 Å². The first-order chi connectivity index (χ1) is 10.2. The van der Waals surface area contributed by atoms with Crippen molar-refractivity contribution < 1.29 is 4.79 Å². The van der Waals surface area contributed by atoms with Gasteiger partial charge in [0.1, 0.15) is 11.3 Å². The SMILES string of the molecule is O=C1c2cnc3cccc(n23)CN1Cc1ccc(Cl)cc1. The number of carbonyl (C=O) groups excluding carboxylic acids is 1. The van der Waals surface area contributed by atoms with Crippen molar-refractivity contribution in [2.45, 2.75) is 13.1 Å². The minimum atomic E-state index is 0.0103. The van der Waals surface area contributed by atoms with Gasteiger partial charge in [-0.15, -0.1) is 0 Å². The summed E-state index contributed by atoms with van der Waals surface area (Å²) in [4.78, 5) is 18.7. The minimum absolute atomic E-state index is 0.0103. The third-order valence-electron chi connectivity index (χ3n) is 3.76. The molecule has 1 aromatic carbocycles. The molecule has 5 heteroatoms. The number of rotatable bonds is 2. The molecule has 2 aromatic heterocycles. The van der Waals surface area contributed by atoms with Crippen LogP contribution in [-0.4, -0.2) is 20.2 Å². The molecule has 0 bridgehead atoms. The molecule has 0 saturated heterocycles. The maximum absolute atomic E-state index is 12.6. The number of imidazole rings is 1. The number of carbonyl (C=O) groups is 1. The minimum Gasteiger partial charge on any atom is -0.327 e. The first-order valence-electron chi connectivity index (χ1n) is 6.71. The van der Waals surface area contributed by atoms with Crippen LogP contribution in [0.3, 0.4) is 0 Å². The monoisotopic (exact) mass is 297 g/mol. The summed E-state index contributed by atoms with van der Waals surface area (Å²) in [6, 6.07) is 13.5. The van der Waals surface area contributed by atoms with E-state index in [1.807, 2.05) is 51.8 Å². The van der Waals surface area contributed by atoms with Gasteiger partial charge in [-0.1, -0.05) is 29.8 Å². The Balaban J connectivity index is 1.70. The van der Waals surface area contributed by atoms with E-state index in [0.29, 0.717) is 23.8 Å². The second-order valence-corrected chi connectivity index (χ2v) is 5.58. The number of benzene rings is 1. The number of pyridine rings is 1. The lowest BCUT2D eigenvalue weighted by Crippen LogP contribution is -2.35. The highest BCUT2D eigenvalue weighted by molar-refractivity contribution is 6.30. The molecule has 4 nitrogen and oxygen atoms in total. The van der Waals surface area contributed by atoms with Crippen LogP contribution in [0, 0.1) is 0 Å². The van der Waals surface area contributed by atoms with Crippen molar-refractivity contribution in [3.63, 3.8) is 0 Å². The largest absolute Gasteiger partial charge is 0.327 e. The summed E-state index contributed by atoms with van der Waals surface area (Å²) < 4.78 is 1.93. The lowest BCUT2D eigenvalue weighted by atomic mass is 10.1. The maximum atomic E-state index is 12.6. The Bertz CT molecular complexity index is 838. The van der Waals surface area contributed by atoms with Crippen LogP contribution in [-0.2, 0) is 13.1 Å². The summed E-state index contributed by atoms with van der Waals surface area (Å²) in [5.41, 5.74) is 3.59. The van der Waals surface area contributed by atoms with Gasteiger partial charge in [-0.3, -0.25) is 9.20 Å². The molecular weight excluding hydrogens is 286 g/mol. The second kappa shape index (κ2) is 4.60. The van der Waals surface area contributed by atoms with Crippen LogP contribution in [0.25, 0.3) is 5.65 Å². The maximum Gasteiger partial charge on any atom is 0.273 e. The topological polar surface area (TPSA) is 37.6 Å². The van der Waals surface area contributed by atoms with Gasteiger partial charge in [0.15, 0.2) is 0 Å². The second-order valence-electron chi connectivity index (χ2n) is 5.14. The Morgan fingerprint density at radius 1 is 1.14 bits per heavy atom. The van der Waals surface area contributed by atoms with E-state index in [0.717, 1.165) is 16.9 Å². The Morgan fingerprint density at radius 2 is 1.95 bits per heavy atom. The van der Waals surface area contributed by atoms with Crippen LogP contribution in [0.2, 0.25) is 5.02 Å². The molecule has 0 fully saturated rings. The van der Waals surface area contributed by atoms with Gasteiger partial charge < -0.3 is 4.90 Å². The van der Waals surface area contributed by atoms with Crippen molar-refractivity contribution in [2.75, 3.05) is 0 Å². The van der Waals surface area contributed by atoms with Crippen molar-refractivity contribution in [3.05, 3.63) is 70.6 Å².